The van der Waals surface area contributed by atoms with E-state index >= 15 is 0 Å². The normalized spacial score (nSPS) is 14.1. The first-order chi connectivity index (χ1) is 48.7. The number of phosphoric ester groups is 2. The van der Waals surface area contributed by atoms with Crippen LogP contribution in [0.3, 0.4) is 0 Å². The second-order valence-corrected chi connectivity index (χ2v) is 30.6. The zero-order valence-corrected chi connectivity index (χ0v) is 65.9. The van der Waals surface area contributed by atoms with Crippen LogP contribution in [0.5, 0.6) is 0 Å². The van der Waals surface area contributed by atoms with E-state index < -0.39 is 97.5 Å². The Labute approximate surface area is 610 Å². The van der Waals surface area contributed by atoms with Gasteiger partial charge in [0, 0.05) is 25.7 Å². The number of allylic oxidation sites excluding steroid dienone is 8. The molecule has 0 heterocycles. The van der Waals surface area contributed by atoms with Crippen LogP contribution in [0.2, 0.25) is 0 Å². The van der Waals surface area contributed by atoms with Crippen LogP contribution >= 0.6 is 15.6 Å². The smallest absolute Gasteiger partial charge is 0.462 e. The molecule has 0 saturated heterocycles. The maximum Gasteiger partial charge on any atom is 0.472 e. The predicted molar refractivity (Wildman–Crippen MR) is 409 cm³/mol. The number of esters is 4. The van der Waals surface area contributed by atoms with Gasteiger partial charge in [-0.25, -0.2) is 9.13 Å². The van der Waals surface area contributed by atoms with E-state index in [4.69, 9.17) is 37.0 Å². The highest BCUT2D eigenvalue weighted by Crippen LogP contribution is 2.45. The fraction of sp³-hybridized carbons (Fsp3) is 0.852. The molecule has 3 N–H and O–H groups in total. The van der Waals surface area contributed by atoms with Crippen molar-refractivity contribution in [1.29, 1.82) is 0 Å². The van der Waals surface area contributed by atoms with Crippen LogP contribution in [0, 0.1) is 0 Å². The minimum atomic E-state index is -4.97. The zero-order valence-electron chi connectivity index (χ0n) is 64.1. The average molecular weight is 1460 g/mol. The SMILES string of the molecule is CCCCC/C=C\C/C=C\C/C=C\CCCCCCCCC(=O)OCC(COP(=O)(O)OCC(O)COP(=O)(O)OCC(COC(=O)CCCCCCC/C=C\CCCCCCCC)OC(=O)CCCCCCCCCCCCCCC)OC(=O)CCCCCCCCCCCCCCC. The molecule has 0 spiro atoms. The van der Waals surface area contributed by atoms with Gasteiger partial charge in [-0.05, 0) is 89.9 Å². The Morgan fingerprint density at radius 1 is 0.280 bits per heavy atom. The maximum absolute atomic E-state index is 13.1. The first kappa shape index (κ1) is 97.0. The molecule has 17 nitrogen and oxygen atoms in total. The lowest BCUT2D eigenvalue weighted by Crippen LogP contribution is -2.30. The van der Waals surface area contributed by atoms with Crippen LogP contribution in [0.1, 0.15) is 387 Å². The Bertz CT molecular complexity index is 2080. The fourth-order valence-electron chi connectivity index (χ4n) is 11.5. The monoisotopic (exact) mass is 1460 g/mol. The highest BCUT2D eigenvalue weighted by atomic mass is 31.2. The predicted octanol–water partition coefficient (Wildman–Crippen LogP) is 23.7. The molecule has 0 fully saturated rings. The number of rotatable bonds is 78. The summed E-state index contributed by atoms with van der Waals surface area (Å²) in [6, 6.07) is 0. The first-order valence-corrected chi connectivity index (χ1v) is 43.9. The molecule has 0 radical (unpaired) electrons. The zero-order chi connectivity index (χ0) is 73.2. The summed E-state index contributed by atoms with van der Waals surface area (Å²) in [7, 11) is -9.94. The summed E-state index contributed by atoms with van der Waals surface area (Å²) in [4.78, 5) is 73.0. The topological polar surface area (TPSA) is 237 Å². The molecule has 0 aliphatic heterocycles. The number of carbonyl (C=O) groups excluding carboxylic acids is 4. The second-order valence-electron chi connectivity index (χ2n) is 27.7. The van der Waals surface area contributed by atoms with Crippen molar-refractivity contribution in [3.8, 4) is 0 Å². The van der Waals surface area contributed by atoms with Crippen molar-refractivity contribution in [3.05, 3.63) is 48.6 Å². The standard InChI is InChI=1S/C81H150O17P2/c1-5-9-13-17-21-25-29-33-35-36-37-38-40-44-46-50-54-58-62-66-79(84)92-72-77(98-81(86)68-64-60-56-52-48-42-32-28-24-20-16-12-8-4)74-96-100(89,90)94-70-75(82)69-93-99(87,88)95-73-76(97-80(85)67-63-59-55-51-47-41-31-27-23-19-15-11-7-3)71-91-78(83)65-61-57-53-49-45-43-39-34-30-26-22-18-14-10-6-2/h21,25,33-35,37-39,75-77,82H,5-20,22-24,26-32,36,40-74H2,1-4H3,(H,87,88)(H,89,90)/b25-21-,35-33-,38-37-,39-34-. The maximum atomic E-state index is 13.1. The van der Waals surface area contributed by atoms with Crippen LogP contribution in [0.25, 0.3) is 0 Å². The molecule has 5 unspecified atom stereocenters. The van der Waals surface area contributed by atoms with Crippen molar-refractivity contribution in [3.63, 3.8) is 0 Å². The van der Waals surface area contributed by atoms with Gasteiger partial charge in [0.15, 0.2) is 12.2 Å². The molecule has 0 aliphatic carbocycles. The lowest BCUT2D eigenvalue weighted by atomic mass is 10.0. The van der Waals surface area contributed by atoms with Gasteiger partial charge >= 0.3 is 39.5 Å². The number of phosphoric acid groups is 2. The fourth-order valence-corrected chi connectivity index (χ4v) is 13.1. The third-order valence-electron chi connectivity index (χ3n) is 17.8. The van der Waals surface area contributed by atoms with Gasteiger partial charge in [-0.15, -0.1) is 0 Å². The largest absolute Gasteiger partial charge is 0.472 e. The summed E-state index contributed by atoms with van der Waals surface area (Å²) >= 11 is 0. The van der Waals surface area contributed by atoms with Gasteiger partial charge in [0.25, 0.3) is 0 Å². The van der Waals surface area contributed by atoms with Gasteiger partial charge in [-0.3, -0.25) is 37.3 Å². The summed E-state index contributed by atoms with van der Waals surface area (Å²) in [5.74, 6) is -2.15. The quantitative estimate of drug-likeness (QED) is 0.0169. The Kier molecular flexibility index (Phi) is 72.1. The minimum Gasteiger partial charge on any atom is -0.462 e. The molecule has 0 aliphatic rings. The van der Waals surface area contributed by atoms with Gasteiger partial charge < -0.3 is 33.8 Å². The molecule has 586 valence electrons. The molecule has 0 amide bonds. The number of unbranched alkanes of at least 4 members (excludes halogenated alkanes) is 44. The van der Waals surface area contributed by atoms with Crippen molar-refractivity contribution in [2.24, 2.45) is 0 Å². The number of aliphatic hydroxyl groups excluding tert-OH is 1. The Balaban J connectivity index is 5.29. The Morgan fingerprint density at radius 3 is 0.780 bits per heavy atom. The summed E-state index contributed by atoms with van der Waals surface area (Å²) in [6.45, 7) is 4.91. The van der Waals surface area contributed by atoms with Gasteiger partial charge in [0.2, 0.25) is 0 Å². The van der Waals surface area contributed by atoms with Crippen LogP contribution in [-0.4, -0.2) is 96.7 Å². The van der Waals surface area contributed by atoms with Crippen molar-refractivity contribution < 1.29 is 80.2 Å². The second kappa shape index (κ2) is 74.3. The molecule has 100 heavy (non-hydrogen) atoms. The van der Waals surface area contributed by atoms with Crippen LogP contribution < -0.4 is 0 Å². The molecule has 0 rings (SSSR count). The van der Waals surface area contributed by atoms with Crippen molar-refractivity contribution in [1.82, 2.24) is 0 Å². The summed E-state index contributed by atoms with van der Waals surface area (Å²) in [5, 5.41) is 10.6. The van der Waals surface area contributed by atoms with E-state index in [-0.39, 0.29) is 25.7 Å². The van der Waals surface area contributed by atoms with E-state index in [9.17, 15) is 43.2 Å². The van der Waals surface area contributed by atoms with Crippen LogP contribution in [0.4, 0.5) is 0 Å². The van der Waals surface area contributed by atoms with Gasteiger partial charge in [0.1, 0.15) is 19.3 Å². The molecule has 0 aromatic rings. The number of hydrogen-bond acceptors (Lipinski definition) is 15. The summed E-state index contributed by atoms with van der Waals surface area (Å²) in [5.41, 5.74) is 0. The molecule has 19 heteroatoms. The van der Waals surface area contributed by atoms with E-state index in [2.05, 4.69) is 76.3 Å². The molecule has 5 atom stereocenters. The third kappa shape index (κ3) is 73.3. The molecular formula is C81H150O17P2. The number of ether oxygens (including phenoxy) is 4. The van der Waals surface area contributed by atoms with Crippen LogP contribution in [0.15, 0.2) is 48.6 Å². The van der Waals surface area contributed by atoms with Crippen molar-refractivity contribution in [2.45, 2.75) is 406 Å². The third-order valence-corrected chi connectivity index (χ3v) is 19.7. The van der Waals surface area contributed by atoms with E-state index in [1.807, 2.05) is 0 Å². The Hall–Kier alpha value is -2.98. The highest BCUT2D eigenvalue weighted by Gasteiger charge is 2.30. The molecular weight excluding hydrogens is 1310 g/mol. The summed E-state index contributed by atoms with van der Waals surface area (Å²) < 4.78 is 68.6. The van der Waals surface area contributed by atoms with E-state index in [0.29, 0.717) is 25.7 Å². The number of carbonyl (C=O) groups is 4. The lowest BCUT2D eigenvalue weighted by Gasteiger charge is -2.21. The van der Waals surface area contributed by atoms with Gasteiger partial charge in [0.05, 0.1) is 26.4 Å². The van der Waals surface area contributed by atoms with Gasteiger partial charge in [-0.2, -0.15) is 0 Å². The summed E-state index contributed by atoms with van der Waals surface area (Å²) in [6.07, 6.45) is 72.2. The Morgan fingerprint density at radius 2 is 0.490 bits per heavy atom. The van der Waals surface area contributed by atoms with Crippen molar-refractivity contribution >= 4 is 39.5 Å². The van der Waals surface area contributed by atoms with E-state index in [0.717, 1.165) is 148 Å². The molecule has 0 bridgehead atoms. The first-order valence-electron chi connectivity index (χ1n) is 40.9. The number of hydrogen-bond donors (Lipinski definition) is 3. The van der Waals surface area contributed by atoms with Crippen molar-refractivity contribution in [2.75, 3.05) is 39.6 Å². The van der Waals surface area contributed by atoms with Gasteiger partial charge in [-0.1, -0.05) is 320 Å². The number of aliphatic hydroxyl groups is 1. The van der Waals surface area contributed by atoms with E-state index in [1.54, 1.807) is 0 Å². The lowest BCUT2D eigenvalue weighted by molar-refractivity contribution is -0.161. The highest BCUT2D eigenvalue weighted by molar-refractivity contribution is 7.47. The molecule has 0 aromatic carbocycles. The van der Waals surface area contributed by atoms with Crippen LogP contribution in [-0.2, 0) is 65.4 Å². The molecule has 0 aromatic heterocycles. The minimum absolute atomic E-state index is 0.0994. The molecule has 0 saturated carbocycles. The van der Waals surface area contributed by atoms with E-state index in [1.165, 1.54) is 161 Å². The average Bonchev–Trinajstić information content (AvgIpc) is 0.935.